The molecule has 0 aromatic rings. The van der Waals surface area contributed by atoms with E-state index in [4.69, 9.17) is 18.9 Å². The van der Waals surface area contributed by atoms with E-state index in [2.05, 4.69) is 74.6 Å². The zero-order valence-corrected chi connectivity index (χ0v) is 32.5. The number of esters is 2. The number of nitrogens with zero attached hydrogens (tertiary/aromatic N) is 1. The minimum absolute atomic E-state index is 0.132. The van der Waals surface area contributed by atoms with Gasteiger partial charge >= 0.3 is 17.9 Å². The van der Waals surface area contributed by atoms with Crippen LogP contribution in [0.15, 0.2) is 72.9 Å². The van der Waals surface area contributed by atoms with Crippen molar-refractivity contribution in [2.75, 3.05) is 47.5 Å². The highest BCUT2D eigenvalue weighted by molar-refractivity contribution is 5.71. The molecule has 0 aromatic heterocycles. The maximum absolute atomic E-state index is 12.6. The fourth-order valence-electron chi connectivity index (χ4n) is 4.47. The molecule has 0 rings (SSSR count). The van der Waals surface area contributed by atoms with Crippen molar-refractivity contribution in [1.29, 1.82) is 0 Å². The van der Waals surface area contributed by atoms with Gasteiger partial charge in [-0.1, -0.05) is 112 Å². The van der Waals surface area contributed by atoms with Crippen LogP contribution in [0.25, 0.3) is 0 Å². The lowest BCUT2D eigenvalue weighted by Gasteiger charge is -2.25. The molecule has 9 nitrogen and oxygen atoms in total. The molecule has 0 aromatic carbocycles. The number of hydrogen-bond acceptors (Lipinski definition) is 7. The number of aliphatic carboxylic acids is 1. The topological polar surface area (TPSA) is 108 Å². The number of carboxylic acids is 1. The summed E-state index contributed by atoms with van der Waals surface area (Å²) in [6, 6.07) is 0. The smallest absolute Gasteiger partial charge is 0.361 e. The van der Waals surface area contributed by atoms with Crippen molar-refractivity contribution < 1.29 is 42.9 Å². The van der Waals surface area contributed by atoms with Gasteiger partial charge in [0, 0.05) is 12.8 Å². The molecule has 0 aliphatic heterocycles. The van der Waals surface area contributed by atoms with Crippen molar-refractivity contribution in [2.45, 2.75) is 129 Å². The van der Waals surface area contributed by atoms with Crippen molar-refractivity contribution in [3.05, 3.63) is 72.9 Å². The highest BCUT2D eigenvalue weighted by Crippen LogP contribution is 2.10. The van der Waals surface area contributed by atoms with Crippen LogP contribution in [0.2, 0.25) is 0 Å². The average molecular weight is 717 g/mol. The lowest BCUT2D eigenvalue weighted by atomic mass is 10.1. The van der Waals surface area contributed by atoms with Crippen LogP contribution in [0.1, 0.15) is 117 Å². The van der Waals surface area contributed by atoms with Gasteiger partial charge in [-0.25, -0.2) is 4.79 Å². The lowest BCUT2D eigenvalue weighted by Crippen LogP contribution is -2.40. The molecular formula is C42H70NO8+. The van der Waals surface area contributed by atoms with E-state index in [-0.39, 0.29) is 38.6 Å². The first-order chi connectivity index (χ1) is 24.6. The third-order valence-electron chi connectivity index (χ3n) is 7.44. The van der Waals surface area contributed by atoms with E-state index in [9.17, 15) is 19.5 Å². The molecule has 2 unspecified atom stereocenters. The van der Waals surface area contributed by atoms with Crippen LogP contribution < -0.4 is 0 Å². The average Bonchev–Trinajstić information content (AvgIpc) is 3.08. The van der Waals surface area contributed by atoms with E-state index in [1.165, 1.54) is 6.42 Å². The Morgan fingerprint density at radius 2 is 1.16 bits per heavy atom. The van der Waals surface area contributed by atoms with Gasteiger partial charge in [0.15, 0.2) is 6.10 Å². The SMILES string of the molecule is CC/C=C\C/C=C\C/C=C\C/C=C\CCC(=O)OC(COC(=O)CCCCCCC/C=C\C/C=C\CCC)COC(OCC[N+](C)(C)C)C(=O)O. The second kappa shape index (κ2) is 33.9. The Morgan fingerprint density at radius 3 is 1.75 bits per heavy atom. The van der Waals surface area contributed by atoms with Crippen LogP contribution in [-0.2, 0) is 33.3 Å². The summed E-state index contributed by atoms with van der Waals surface area (Å²) < 4.78 is 22.5. The largest absolute Gasteiger partial charge is 0.477 e. The van der Waals surface area contributed by atoms with E-state index in [1.54, 1.807) is 0 Å². The molecule has 0 fully saturated rings. The van der Waals surface area contributed by atoms with Crippen molar-refractivity contribution in [3.8, 4) is 0 Å². The summed E-state index contributed by atoms with van der Waals surface area (Å²) in [6.07, 6.45) is 37.0. The van der Waals surface area contributed by atoms with Crippen molar-refractivity contribution in [2.24, 2.45) is 0 Å². The summed E-state index contributed by atoms with van der Waals surface area (Å²) in [5.74, 6) is -2.15. The molecule has 0 heterocycles. The van der Waals surface area contributed by atoms with Crippen molar-refractivity contribution in [1.82, 2.24) is 0 Å². The predicted molar refractivity (Wildman–Crippen MR) is 207 cm³/mol. The summed E-state index contributed by atoms with van der Waals surface area (Å²) in [5.41, 5.74) is 0. The van der Waals surface area contributed by atoms with E-state index in [0.29, 0.717) is 23.9 Å². The molecule has 0 saturated carbocycles. The Balaban J connectivity index is 4.69. The molecule has 0 spiro atoms. The Morgan fingerprint density at radius 1 is 0.608 bits per heavy atom. The van der Waals surface area contributed by atoms with Gasteiger partial charge in [0.25, 0.3) is 6.29 Å². The standard InChI is InChI=1S/C42H69NO8/c1-6-8-10-12-14-16-18-20-22-24-26-28-30-32-39(44)49-36-38(37-50-42(41(46)47)48-35-34-43(3,4)5)51-40(45)33-31-29-27-25-23-21-19-17-15-13-11-9-7-2/h9-12,15-18,21,23,27,29,38,42H,6-8,13-14,19-20,22,24-26,28,30-37H2,1-5H3/p+1/b11-9-,12-10-,17-15-,18-16-,23-21-,29-27-. The molecule has 9 heteroatoms. The lowest BCUT2D eigenvalue weighted by molar-refractivity contribution is -0.870. The Kier molecular flexibility index (Phi) is 31.7. The highest BCUT2D eigenvalue weighted by atomic mass is 16.7. The number of ether oxygens (including phenoxy) is 4. The summed E-state index contributed by atoms with van der Waals surface area (Å²) in [7, 11) is 5.91. The third-order valence-corrected chi connectivity index (χ3v) is 7.44. The van der Waals surface area contributed by atoms with E-state index in [0.717, 1.165) is 70.6 Å². The van der Waals surface area contributed by atoms with Gasteiger partial charge in [-0.05, 0) is 64.2 Å². The zero-order valence-electron chi connectivity index (χ0n) is 32.5. The maximum Gasteiger partial charge on any atom is 0.361 e. The highest BCUT2D eigenvalue weighted by Gasteiger charge is 2.25. The molecule has 0 aliphatic rings. The first-order valence-electron chi connectivity index (χ1n) is 19.1. The van der Waals surface area contributed by atoms with Gasteiger partial charge in [-0.2, -0.15) is 0 Å². The van der Waals surface area contributed by atoms with Crippen LogP contribution in [0.5, 0.6) is 0 Å². The molecule has 1 N–H and O–H groups in total. The number of allylic oxidation sites excluding steroid dienone is 12. The minimum Gasteiger partial charge on any atom is -0.477 e. The second-order valence-corrected chi connectivity index (χ2v) is 13.5. The van der Waals surface area contributed by atoms with Gasteiger partial charge in [0.2, 0.25) is 0 Å². The van der Waals surface area contributed by atoms with E-state index in [1.807, 2.05) is 33.3 Å². The zero-order chi connectivity index (χ0) is 37.8. The molecule has 0 aliphatic carbocycles. The fourth-order valence-corrected chi connectivity index (χ4v) is 4.47. The van der Waals surface area contributed by atoms with Crippen LogP contribution in [0.3, 0.4) is 0 Å². The number of likely N-dealkylation sites (N-methyl/N-ethyl adjacent to an activating group) is 1. The quantitative estimate of drug-likeness (QED) is 0.0236. The van der Waals surface area contributed by atoms with Crippen molar-refractivity contribution in [3.63, 3.8) is 0 Å². The summed E-state index contributed by atoms with van der Waals surface area (Å²) >= 11 is 0. The Labute approximate surface area is 309 Å². The molecule has 51 heavy (non-hydrogen) atoms. The predicted octanol–water partition coefficient (Wildman–Crippen LogP) is 9.21. The molecule has 2 atom stereocenters. The summed E-state index contributed by atoms with van der Waals surface area (Å²) in [4.78, 5) is 36.8. The monoisotopic (exact) mass is 717 g/mol. The number of quaternary nitrogens is 1. The molecule has 290 valence electrons. The van der Waals surface area contributed by atoms with E-state index >= 15 is 0 Å². The third kappa shape index (κ3) is 34.9. The van der Waals surface area contributed by atoms with Gasteiger partial charge in [0.05, 0.1) is 34.4 Å². The summed E-state index contributed by atoms with van der Waals surface area (Å²) in [6.45, 7) is 4.54. The first-order valence-corrected chi connectivity index (χ1v) is 19.1. The normalized spacial score (nSPS) is 13.8. The number of carbonyl (C=O) groups excluding carboxylic acids is 2. The number of hydrogen-bond donors (Lipinski definition) is 1. The Hall–Kier alpha value is -3.27. The molecular weight excluding hydrogens is 646 g/mol. The number of rotatable bonds is 33. The van der Waals surface area contributed by atoms with Crippen LogP contribution in [-0.4, -0.2) is 87.4 Å². The van der Waals surface area contributed by atoms with Gasteiger partial charge in [-0.3, -0.25) is 9.59 Å². The fraction of sp³-hybridized carbons (Fsp3) is 0.643. The minimum atomic E-state index is -1.53. The molecule has 0 saturated heterocycles. The number of carbonyl (C=O) groups is 3. The van der Waals surface area contributed by atoms with Crippen molar-refractivity contribution >= 4 is 17.9 Å². The van der Waals surface area contributed by atoms with Gasteiger partial charge < -0.3 is 28.5 Å². The number of carboxylic acid groups (broad SMARTS) is 1. The molecule has 0 amide bonds. The second-order valence-electron chi connectivity index (χ2n) is 13.5. The van der Waals surface area contributed by atoms with Crippen LogP contribution >= 0.6 is 0 Å². The van der Waals surface area contributed by atoms with E-state index < -0.39 is 24.3 Å². The molecule has 0 bridgehead atoms. The molecule has 0 radical (unpaired) electrons. The van der Waals surface area contributed by atoms with Gasteiger partial charge in [-0.15, -0.1) is 0 Å². The van der Waals surface area contributed by atoms with Crippen LogP contribution in [0, 0.1) is 0 Å². The first kappa shape index (κ1) is 47.7. The summed E-state index contributed by atoms with van der Waals surface area (Å²) in [5, 5.41) is 9.58. The van der Waals surface area contributed by atoms with Gasteiger partial charge in [0.1, 0.15) is 13.2 Å². The number of unbranched alkanes of at least 4 members (excludes halogenated alkanes) is 6. The Bertz CT molecular complexity index is 1070. The van der Waals surface area contributed by atoms with Crippen LogP contribution in [0.4, 0.5) is 0 Å². The maximum atomic E-state index is 12.6.